The van der Waals surface area contributed by atoms with Gasteiger partial charge in [-0.1, -0.05) is 0 Å². The zero-order valence-electron chi connectivity index (χ0n) is 13.9. The van der Waals surface area contributed by atoms with E-state index in [1.165, 1.54) is 21.9 Å². The van der Waals surface area contributed by atoms with E-state index >= 15 is 0 Å². The molecule has 0 nitrogen and oxygen atoms in total. The fourth-order valence-electron chi connectivity index (χ4n) is 5.55. The fraction of sp³-hybridized carbons (Fsp3) is 0.895. The van der Waals surface area contributed by atoms with Crippen LogP contribution in [0.1, 0.15) is 84.0 Å². The van der Waals surface area contributed by atoms with Crippen LogP contribution in [0.3, 0.4) is 0 Å². The van der Waals surface area contributed by atoms with Crippen LogP contribution >= 0.6 is 5.45 Å². The quantitative estimate of drug-likeness (QED) is 0.269. The first-order valence-electron chi connectivity index (χ1n) is 9.52. The van der Waals surface area contributed by atoms with Gasteiger partial charge in [0.15, 0.2) is 0 Å². The molecule has 0 amide bonds. The number of hydrogen-bond donors (Lipinski definition) is 0. The molecule has 0 aliphatic heterocycles. The first-order chi connectivity index (χ1) is 10.4. The van der Waals surface area contributed by atoms with Crippen molar-refractivity contribution >= 4 is 5.45 Å². The van der Waals surface area contributed by atoms with E-state index in [0.717, 1.165) is 17.5 Å². The molecule has 126 valence electrons. The van der Waals surface area contributed by atoms with Gasteiger partial charge in [-0.2, -0.15) is 0 Å². The molecule has 0 radical (unpaired) electrons. The topological polar surface area (TPSA) is 0 Å². The average molecular weight is 401 g/mol. The summed E-state index contributed by atoms with van der Waals surface area (Å²) in [7, 11) is 0. The summed E-state index contributed by atoms with van der Waals surface area (Å²) in [4.78, 5) is 1.46. The van der Waals surface area contributed by atoms with Crippen LogP contribution in [0, 0.1) is 0 Å². The van der Waals surface area contributed by atoms with Gasteiger partial charge in [-0.05, 0) is 0 Å². The Morgan fingerprint density at radius 2 is 1.14 bits per heavy atom. The number of hydrogen-bond acceptors (Lipinski definition) is 0. The second-order valence-corrected chi connectivity index (χ2v) is 18.1. The average Bonchev–Trinajstić information content (AvgIpc) is 3.28. The van der Waals surface area contributed by atoms with Crippen LogP contribution in [0.25, 0.3) is 0 Å². The Labute approximate surface area is 140 Å². The van der Waals surface area contributed by atoms with Crippen molar-refractivity contribution in [3.8, 4) is 0 Å². The second kappa shape index (κ2) is 8.09. The van der Waals surface area contributed by atoms with E-state index in [1.54, 1.807) is 77.0 Å². The van der Waals surface area contributed by atoms with Crippen LogP contribution in [0.15, 0.2) is 12.2 Å². The fourth-order valence-corrected chi connectivity index (χ4v) is 22.8. The molecule has 0 bridgehead atoms. The predicted octanol–water partition coefficient (Wildman–Crippen LogP) is 6.56. The van der Waals surface area contributed by atoms with Crippen molar-refractivity contribution in [1.29, 1.82) is 0 Å². The molecule has 0 saturated heterocycles. The molecule has 0 heterocycles. The summed E-state index contributed by atoms with van der Waals surface area (Å²) in [5.74, 6) is 0. The summed E-state index contributed by atoms with van der Waals surface area (Å²) >= 11 is 1.12. The monoisotopic (exact) mass is 400 g/mol. The molecule has 3 fully saturated rings. The van der Waals surface area contributed by atoms with Crippen LogP contribution in [0.5, 0.6) is 0 Å². The van der Waals surface area contributed by atoms with Crippen molar-refractivity contribution in [2.75, 3.05) is 0 Å². The summed E-state index contributed by atoms with van der Waals surface area (Å²) in [6.45, 7) is 2.22. The van der Waals surface area contributed by atoms with Gasteiger partial charge in [0.25, 0.3) is 0 Å². The van der Waals surface area contributed by atoms with Gasteiger partial charge >= 0.3 is 141 Å². The maximum absolute atomic E-state index is 2.51. The van der Waals surface area contributed by atoms with Crippen LogP contribution in [-0.4, -0.2) is 17.0 Å². The van der Waals surface area contributed by atoms with E-state index < -0.39 is 5.45 Å². The van der Waals surface area contributed by atoms with E-state index in [0.29, 0.717) is 0 Å². The van der Waals surface area contributed by atoms with Crippen molar-refractivity contribution in [2.45, 2.75) is 106 Å². The summed E-state index contributed by atoms with van der Waals surface area (Å²) < 4.78 is 0. The van der Waals surface area contributed by atoms with Gasteiger partial charge in [-0.25, -0.2) is 0 Å². The van der Waals surface area contributed by atoms with Gasteiger partial charge < -0.3 is 0 Å². The van der Waals surface area contributed by atoms with Gasteiger partial charge in [0.05, 0.1) is 0 Å². The maximum atomic E-state index is 2.51. The van der Waals surface area contributed by atoms with Crippen LogP contribution in [-0.2, 0) is 17.5 Å². The van der Waals surface area contributed by atoms with Crippen LogP contribution in [0.4, 0.5) is 0 Å². The SMILES string of the molecule is C/C=C/[CH2][Pd][PH](C1CCCC1)(C1CCCC1)C1CCCC1. The molecule has 3 aliphatic carbocycles. The minimum absolute atomic E-state index is 1.03. The molecular weight excluding hydrogens is 366 g/mol. The Hall–Kier alpha value is 0.832. The molecule has 0 aromatic carbocycles. The molecule has 0 unspecified atom stereocenters. The van der Waals surface area contributed by atoms with Crippen molar-refractivity contribution in [2.24, 2.45) is 0 Å². The Balaban J connectivity index is 1.86. The van der Waals surface area contributed by atoms with Crippen molar-refractivity contribution < 1.29 is 17.5 Å². The second-order valence-electron chi connectivity index (χ2n) is 7.53. The minimum atomic E-state index is -1.03. The normalized spacial score (nSPS) is 27.5. The molecule has 0 atom stereocenters. The first kappa shape index (κ1) is 16.7. The molecule has 3 aliphatic rings. The van der Waals surface area contributed by atoms with Crippen molar-refractivity contribution in [3.63, 3.8) is 0 Å². The van der Waals surface area contributed by atoms with E-state index in [2.05, 4.69) is 19.1 Å². The Morgan fingerprint density at radius 3 is 1.48 bits per heavy atom. The van der Waals surface area contributed by atoms with Crippen molar-refractivity contribution in [3.05, 3.63) is 12.2 Å². The standard InChI is InChI=1S/C15H27P.C4H7.Pd/c1-2-8-13(7-1)16(14-9-3-4-10-14)15-11-5-6-12-15;1-3-4-2;/h13-15H,1-12H2;3-4H,1H2,2H3;/q;;-1/p+1/b;4-3+;. The van der Waals surface area contributed by atoms with Gasteiger partial charge in [0, 0.05) is 0 Å². The zero-order chi connectivity index (χ0) is 14.5. The Bertz CT molecular complexity index is 293. The molecule has 0 spiro atoms. The molecule has 3 saturated carbocycles. The summed E-state index contributed by atoms with van der Waals surface area (Å²) in [5.41, 5.74) is 2.68. The van der Waals surface area contributed by atoms with Gasteiger partial charge in [0.2, 0.25) is 0 Å². The van der Waals surface area contributed by atoms with Gasteiger partial charge in [-0.15, -0.1) is 0 Å². The summed E-state index contributed by atoms with van der Waals surface area (Å²) in [6.07, 6.45) is 24.0. The van der Waals surface area contributed by atoms with Crippen molar-refractivity contribution in [1.82, 2.24) is 0 Å². The Kier molecular flexibility index (Phi) is 6.42. The number of allylic oxidation sites excluding steroid dienone is 2. The van der Waals surface area contributed by atoms with E-state index in [4.69, 9.17) is 0 Å². The summed E-state index contributed by atoms with van der Waals surface area (Å²) in [5, 5.41) is 0. The van der Waals surface area contributed by atoms with Crippen LogP contribution < -0.4 is 0 Å². The van der Waals surface area contributed by atoms with E-state index in [9.17, 15) is 0 Å². The van der Waals surface area contributed by atoms with E-state index in [1.807, 2.05) is 0 Å². The molecule has 0 N–H and O–H groups in total. The molecule has 3 rings (SSSR count). The molecule has 0 aromatic heterocycles. The summed E-state index contributed by atoms with van der Waals surface area (Å²) in [6, 6.07) is 0. The molecular formula is C19H35PPd. The predicted molar refractivity (Wildman–Crippen MR) is 94.7 cm³/mol. The zero-order valence-corrected chi connectivity index (χ0v) is 16.4. The molecule has 21 heavy (non-hydrogen) atoms. The molecule has 2 heteroatoms. The molecule has 0 aromatic rings. The Morgan fingerprint density at radius 1 is 0.762 bits per heavy atom. The van der Waals surface area contributed by atoms with E-state index in [-0.39, 0.29) is 0 Å². The third-order valence-corrected chi connectivity index (χ3v) is 22.2. The third-order valence-electron chi connectivity index (χ3n) is 6.44. The first-order valence-corrected chi connectivity index (χ1v) is 15.0. The van der Waals surface area contributed by atoms with Crippen LogP contribution in [0.2, 0.25) is 4.89 Å². The van der Waals surface area contributed by atoms with Gasteiger partial charge in [-0.3, -0.25) is 0 Å². The van der Waals surface area contributed by atoms with Gasteiger partial charge in [0.1, 0.15) is 0 Å². The number of rotatable bonds is 6. The third kappa shape index (κ3) is 3.52.